The van der Waals surface area contributed by atoms with Gasteiger partial charge in [-0.3, -0.25) is 19.2 Å². The Kier molecular flexibility index (Phi) is 11.4. The number of carbonyl (C=O) groups is 4. The summed E-state index contributed by atoms with van der Waals surface area (Å²) in [5.74, 6) is -0.601. The van der Waals surface area contributed by atoms with E-state index in [0.29, 0.717) is 45.8 Å². The highest BCUT2D eigenvalue weighted by atomic mass is 32.1. The third-order valence-electron chi connectivity index (χ3n) is 8.95. The summed E-state index contributed by atoms with van der Waals surface area (Å²) in [5.41, 5.74) is 2.96. The van der Waals surface area contributed by atoms with Crippen molar-refractivity contribution in [2.24, 2.45) is 11.8 Å². The van der Waals surface area contributed by atoms with Crippen molar-refractivity contribution in [3.63, 3.8) is 0 Å². The molecular weight excluding hydrogens is 592 g/mol. The Labute approximate surface area is 270 Å². The van der Waals surface area contributed by atoms with Gasteiger partial charge in [-0.15, -0.1) is 0 Å². The molecule has 242 valence electrons. The smallest absolute Gasteiger partial charge is 0.244 e. The van der Waals surface area contributed by atoms with E-state index in [1.807, 2.05) is 55.5 Å². The summed E-state index contributed by atoms with van der Waals surface area (Å²) in [6.45, 7) is 4.79. The molecule has 3 aliphatic rings. The number of nitrogens with zero attached hydrogens (tertiary/aromatic N) is 1. The molecule has 3 aliphatic heterocycles. The Morgan fingerprint density at radius 3 is 2.62 bits per heavy atom. The summed E-state index contributed by atoms with van der Waals surface area (Å²) >= 11 is 4.64. The highest BCUT2D eigenvalue weighted by Gasteiger charge is 2.38. The van der Waals surface area contributed by atoms with Gasteiger partial charge in [0.1, 0.15) is 23.1 Å². The lowest BCUT2D eigenvalue weighted by atomic mass is 9.94. The molecule has 0 radical (unpaired) electrons. The van der Waals surface area contributed by atoms with Gasteiger partial charge >= 0.3 is 0 Å². The topological polar surface area (TPSA) is 126 Å². The van der Waals surface area contributed by atoms with E-state index in [4.69, 9.17) is 9.47 Å². The SMILES string of the molecule is Cc1ccc2cc1CNC(=O)[C@H](CCc1ccccc1)NC(=O)[C@@H](NC(=O)CC1COC1)C(S)C(=O)N1CCCC(CCO2)C1. The van der Waals surface area contributed by atoms with E-state index < -0.39 is 23.2 Å². The van der Waals surface area contributed by atoms with Crippen molar-refractivity contribution in [2.75, 3.05) is 32.9 Å². The second-order valence-electron chi connectivity index (χ2n) is 12.4. The molecule has 0 aliphatic carbocycles. The van der Waals surface area contributed by atoms with Gasteiger partial charge in [-0.25, -0.2) is 0 Å². The highest BCUT2D eigenvalue weighted by molar-refractivity contribution is 7.82. The summed E-state index contributed by atoms with van der Waals surface area (Å²) in [6.07, 6.45) is 3.62. The van der Waals surface area contributed by atoms with Gasteiger partial charge in [0.25, 0.3) is 0 Å². The Balaban J connectivity index is 1.41. The maximum Gasteiger partial charge on any atom is 0.244 e. The third-order valence-corrected chi connectivity index (χ3v) is 9.46. The van der Waals surface area contributed by atoms with E-state index in [1.165, 1.54) is 0 Å². The second-order valence-corrected chi connectivity index (χ2v) is 13.0. The van der Waals surface area contributed by atoms with Crippen LogP contribution in [0.15, 0.2) is 48.5 Å². The van der Waals surface area contributed by atoms with E-state index in [9.17, 15) is 19.2 Å². The Morgan fingerprint density at radius 2 is 1.87 bits per heavy atom. The zero-order valence-corrected chi connectivity index (χ0v) is 26.7. The summed E-state index contributed by atoms with van der Waals surface area (Å²) < 4.78 is 11.3. The van der Waals surface area contributed by atoms with Gasteiger partial charge in [-0.2, -0.15) is 12.6 Å². The zero-order chi connectivity index (χ0) is 31.8. The number of amides is 4. The van der Waals surface area contributed by atoms with Crippen LogP contribution in [0, 0.1) is 18.8 Å². The molecule has 4 bridgehead atoms. The molecule has 2 fully saturated rings. The lowest BCUT2D eigenvalue weighted by molar-refractivity contribution is -0.138. The lowest BCUT2D eigenvalue weighted by Crippen LogP contribution is -2.60. The molecule has 3 heterocycles. The number of hydrogen-bond donors (Lipinski definition) is 4. The summed E-state index contributed by atoms with van der Waals surface area (Å²) in [7, 11) is 0. The Hall–Kier alpha value is -3.57. The van der Waals surface area contributed by atoms with Crippen molar-refractivity contribution < 1.29 is 28.7 Å². The Bertz CT molecular complexity index is 1350. The predicted molar refractivity (Wildman–Crippen MR) is 173 cm³/mol. The molecule has 11 heteroatoms. The molecule has 2 aromatic rings. The molecule has 2 saturated heterocycles. The second kappa shape index (κ2) is 15.6. The van der Waals surface area contributed by atoms with Gasteiger partial charge in [-0.05, 0) is 73.8 Å². The van der Waals surface area contributed by atoms with Crippen LogP contribution in [0.1, 0.15) is 48.8 Å². The van der Waals surface area contributed by atoms with Gasteiger partial charge in [-0.1, -0.05) is 36.4 Å². The van der Waals surface area contributed by atoms with Crippen LogP contribution in [0.25, 0.3) is 0 Å². The van der Waals surface area contributed by atoms with E-state index in [-0.39, 0.29) is 42.5 Å². The van der Waals surface area contributed by atoms with Crippen LogP contribution >= 0.6 is 12.6 Å². The molecule has 3 N–H and O–H groups in total. The van der Waals surface area contributed by atoms with Gasteiger partial charge in [0.05, 0.1) is 19.8 Å². The first kappa shape index (κ1) is 32.8. The molecule has 10 nitrogen and oxygen atoms in total. The van der Waals surface area contributed by atoms with Crippen molar-refractivity contribution in [3.8, 4) is 5.75 Å². The average Bonchev–Trinajstić information content (AvgIpc) is 3.03. The maximum atomic E-state index is 13.9. The van der Waals surface area contributed by atoms with Gasteiger partial charge in [0, 0.05) is 32.0 Å². The Morgan fingerprint density at radius 1 is 1.07 bits per heavy atom. The maximum absolute atomic E-state index is 13.9. The van der Waals surface area contributed by atoms with Gasteiger partial charge in [0.15, 0.2) is 0 Å². The minimum atomic E-state index is -1.26. The molecule has 2 unspecified atom stereocenters. The minimum Gasteiger partial charge on any atom is -0.494 e. The fourth-order valence-electron chi connectivity index (χ4n) is 6.08. The number of piperidine rings is 1. The van der Waals surface area contributed by atoms with Crippen LogP contribution in [0.3, 0.4) is 0 Å². The number of benzene rings is 2. The molecular formula is C34H44N4O6S. The zero-order valence-electron chi connectivity index (χ0n) is 25.8. The summed E-state index contributed by atoms with van der Waals surface area (Å²) in [6, 6.07) is 13.4. The van der Waals surface area contributed by atoms with Crippen LogP contribution in [0.5, 0.6) is 5.75 Å². The van der Waals surface area contributed by atoms with Crippen molar-refractivity contribution in [3.05, 3.63) is 65.2 Å². The molecule has 2 aromatic carbocycles. The number of thiol groups is 1. The van der Waals surface area contributed by atoms with E-state index in [2.05, 4.69) is 28.6 Å². The van der Waals surface area contributed by atoms with E-state index in [0.717, 1.165) is 41.7 Å². The number of hydrogen-bond acceptors (Lipinski definition) is 7. The van der Waals surface area contributed by atoms with Crippen LogP contribution in [-0.2, 0) is 36.9 Å². The predicted octanol–water partition coefficient (Wildman–Crippen LogP) is 2.57. The van der Waals surface area contributed by atoms with E-state index in [1.54, 1.807) is 4.90 Å². The first-order valence-corrected chi connectivity index (χ1v) is 16.5. The normalized spacial score (nSPS) is 25.1. The molecule has 45 heavy (non-hydrogen) atoms. The molecule has 0 aromatic heterocycles. The third kappa shape index (κ3) is 9.00. The van der Waals surface area contributed by atoms with Crippen molar-refractivity contribution in [1.82, 2.24) is 20.9 Å². The summed E-state index contributed by atoms with van der Waals surface area (Å²) in [4.78, 5) is 56.1. The minimum absolute atomic E-state index is 0.0674. The quantitative estimate of drug-likeness (QED) is 0.362. The van der Waals surface area contributed by atoms with Gasteiger partial charge in [0.2, 0.25) is 23.6 Å². The number of rotatable bonds is 6. The first-order valence-electron chi connectivity index (χ1n) is 15.9. The monoisotopic (exact) mass is 636 g/mol. The standard InChI is InChI=1S/C34H44N4O6S/c1-22-9-11-27-17-26(22)18-35-32(40)28(12-10-23-6-3-2-4-7-23)36-33(41)30(37-29(39)16-25-20-43-21-25)31(45)34(42)38-14-5-8-24(19-38)13-15-44-27/h2-4,6-7,9,11,17,24-25,28,30-31,45H,5,8,10,12-16,18-21H2,1H3,(H,35,40)(H,36,41)(H,37,39)/t24?,28-,30-,31?/m0/s1. The van der Waals surface area contributed by atoms with E-state index >= 15 is 0 Å². The fourth-order valence-corrected chi connectivity index (χ4v) is 6.45. The number of fused-ring (bicyclic) bond motifs is 4. The number of aryl methyl sites for hydroxylation is 2. The fraction of sp³-hybridized carbons (Fsp3) is 0.529. The number of carbonyl (C=O) groups excluding carboxylic acids is 4. The van der Waals surface area contributed by atoms with Crippen LogP contribution in [0.2, 0.25) is 0 Å². The summed E-state index contributed by atoms with van der Waals surface area (Å²) in [5, 5.41) is 7.52. The van der Waals surface area contributed by atoms with Crippen molar-refractivity contribution in [2.45, 2.75) is 69.3 Å². The first-order chi connectivity index (χ1) is 21.8. The largest absolute Gasteiger partial charge is 0.494 e. The average molecular weight is 637 g/mol. The molecule has 4 amide bonds. The molecule has 0 spiro atoms. The highest BCUT2D eigenvalue weighted by Crippen LogP contribution is 2.24. The van der Waals surface area contributed by atoms with Crippen LogP contribution in [-0.4, -0.2) is 78.8 Å². The van der Waals surface area contributed by atoms with Crippen LogP contribution in [0.4, 0.5) is 0 Å². The van der Waals surface area contributed by atoms with Crippen molar-refractivity contribution >= 4 is 36.3 Å². The van der Waals surface area contributed by atoms with Gasteiger partial charge < -0.3 is 30.3 Å². The molecule has 4 atom stereocenters. The van der Waals surface area contributed by atoms with Crippen molar-refractivity contribution in [1.29, 1.82) is 0 Å². The van der Waals surface area contributed by atoms with Crippen LogP contribution < -0.4 is 20.7 Å². The lowest BCUT2D eigenvalue weighted by Gasteiger charge is -2.36. The molecule has 5 rings (SSSR count). The number of nitrogens with one attached hydrogen (secondary N) is 3. The number of ether oxygens (including phenoxy) is 2. The molecule has 0 saturated carbocycles.